The first-order chi connectivity index (χ1) is 8.49. The van der Waals surface area contributed by atoms with Gasteiger partial charge in [-0.05, 0) is 24.1 Å². The number of ether oxygens (including phenoxy) is 1. The van der Waals surface area contributed by atoms with E-state index in [4.69, 9.17) is 27.9 Å². The van der Waals surface area contributed by atoms with Crippen LogP contribution in [0.15, 0.2) is 23.3 Å². The third-order valence-electron chi connectivity index (χ3n) is 1.81. The van der Waals surface area contributed by atoms with Gasteiger partial charge in [-0.25, -0.2) is 5.43 Å². The molecule has 4 nitrogen and oxygen atoms in total. The minimum atomic E-state index is -0.349. The third kappa shape index (κ3) is 5.38. The van der Waals surface area contributed by atoms with Gasteiger partial charge in [-0.1, -0.05) is 37.0 Å². The van der Waals surface area contributed by atoms with Gasteiger partial charge >= 0.3 is 0 Å². The van der Waals surface area contributed by atoms with Gasteiger partial charge in [-0.3, -0.25) is 4.79 Å². The first-order valence-electron chi connectivity index (χ1n) is 5.39. The third-order valence-corrected chi connectivity index (χ3v) is 2.35. The average molecular weight is 289 g/mol. The molecule has 0 spiro atoms. The number of hydrogen-bond acceptors (Lipinski definition) is 3. The van der Waals surface area contributed by atoms with Crippen LogP contribution in [0, 0.1) is 5.92 Å². The van der Waals surface area contributed by atoms with E-state index in [9.17, 15) is 4.79 Å². The predicted octanol–water partition coefficient (Wildman–Crippen LogP) is 3.13. The van der Waals surface area contributed by atoms with Crippen molar-refractivity contribution in [3.05, 3.63) is 28.2 Å². The van der Waals surface area contributed by atoms with Crippen molar-refractivity contribution in [2.45, 2.75) is 13.8 Å². The lowest BCUT2D eigenvalue weighted by Gasteiger charge is -2.07. The summed E-state index contributed by atoms with van der Waals surface area (Å²) < 4.78 is 5.23. The van der Waals surface area contributed by atoms with Gasteiger partial charge in [0.2, 0.25) is 0 Å². The van der Waals surface area contributed by atoms with Gasteiger partial charge < -0.3 is 4.74 Å². The van der Waals surface area contributed by atoms with Crippen molar-refractivity contribution in [2.24, 2.45) is 11.0 Å². The number of hydrazone groups is 1. The molecule has 1 aromatic rings. The van der Waals surface area contributed by atoms with Crippen LogP contribution in [0.25, 0.3) is 0 Å². The van der Waals surface area contributed by atoms with Gasteiger partial charge in [0, 0.05) is 11.2 Å². The molecule has 0 saturated heterocycles. The largest absolute Gasteiger partial charge is 0.482 e. The maximum atomic E-state index is 11.4. The van der Waals surface area contributed by atoms with Crippen molar-refractivity contribution in [1.82, 2.24) is 5.43 Å². The Balaban J connectivity index is 2.43. The Morgan fingerprint density at radius 2 is 2.22 bits per heavy atom. The van der Waals surface area contributed by atoms with Gasteiger partial charge in [0.25, 0.3) is 5.91 Å². The predicted molar refractivity (Wildman–Crippen MR) is 73.4 cm³/mol. The molecular weight excluding hydrogens is 275 g/mol. The molecule has 1 rings (SSSR count). The minimum absolute atomic E-state index is 0.156. The molecule has 0 aliphatic carbocycles. The van der Waals surface area contributed by atoms with E-state index < -0.39 is 0 Å². The van der Waals surface area contributed by atoms with Crippen LogP contribution >= 0.6 is 23.2 Å². The van der Waals surface area contributed by atoms with Crippen LogP contribution in [0.2, 0.25) is 10.0 Å². The lowest BCUT2D eigenvalue weighted by Crippen LogP contribution is -2.24. The Hall–Kier alpha value is -1.26. The summed E-state index contributed by atoms with van der Waals surface area (Å²) in [5.74, 6) is 0.332. The second-order valence-corrected chi connectivity index (χ2v) is 4.76. The second-order valence-electron chi connectivity index (χ2n) is 3.92. The van der Waals surface area contributed by atoms with Gasteiger partial charge in [0.1, 0.15) is 5.75 Å². The molecule has 0 atom stereocenters. The van der Waals surface area contributed by atoms with Crippen LogP contribution in [-0.2, 0) is 4.79 Å². The smallest absolute Gasteiger partial charge is 0.277 e. The summed E-state index contributed by atoms with van der Waals surface area (Å²) in [4.78, 5) is 11.4. The summed E-state index contributed by atoms with van der Waals surface area (Å²) in [5.41, 5.74) is 2.35. The average Bonchev–Trinajstić information content (AvgIpc) is 2.27. The highest BCUT2D eigenvalue weighted by Crippen LogP contribution is 2.27. The summed E-state index contributed by atoms with van der Waals surface area (Å²) in [6, 6.07) is 4.79. The highest BCUT2D eigenvalue weighted by atomic mass is 35.5. The SMILES string of the molecule is CC(C)/C=N/NC(=O)COc1ccc(Cl)cc1Cl. The van der Waals surface area contributed by atoms with Crippen molar-refractivity contribution in [3.8, 4) is 5.75 Å². The standard InChI is InChI=1S/C12H14Cl2N2O2/c1-8(2)6-15-16-12(17)7-18-11-4-3-9(13)5-10(11)14/h3-6,8H,7H2,1-2H3,(H,16,17)/b15-6+. The van der Waals surface area contributed by atoms with Crippen LogP contribution in [-0.4, -0.2) is 18.7 Å². The van der Waals surface area contributed by atoms with Crippen LogP contribution in [0.3, 0.4) is 0 Å². The van der Waals surface area contributed by atoms with E-state index in [2.05, 4.69) is 10.5 Å². The van der Waals surface area contributed by atoms with Gasteiger partial charge in [-0.15, -0.1) is 0 Å². The molecule has 18 heavy (non-hydrogen) atoms. The number of amides is 1. The number of benzene rings is 1. The molecule has 0 heterocycles. The summed E-state index contributed by atoms with van der Waals surface area (Å²) in [7, 11) is 0. The summed E-state index contributed by atoms with van der Waals surface area (Å²) in [6.45, 7) is 3.76. The number of halogens is 2. The Bertz CT molecular complexity index is 448. The Kier molecular flexibility index (Phi) is 5.95. The van der Waals surface area contributed by atoms with Crippen LogP contribution in [0.5, 0.6) is 5.75 Å². The topological polar surface area (TPSA) is 50.7 Å². The van der Waals surface area contributed by atoms with Crippen molar-refractivity contribution in [2.75, 3.05) is 6.61 Å². The Morgan fingerprint density at radius 3 is 2.83 bits per heavy atom. The van der Waals surface area contributed by atoms with Crippen molar-refractivity contribution in [3.63, 3.8) is 0 Å². The summed E-state index contributed by atoms with van der Waals surface area (Å²) in [6.07, 6.45) is 1.63. The molecule has 0 bridgehead atoms. The van der Waals surface area contributed by atoms with Gasteiger partial charge in [0.05, 0.1) is 5.02 Å². The molecule has 0 saturated carbocycles. The number of carbonyl (C=O) groups excluding carboxylic acids is 1. The molecule has 0 aliphatic heterocycles. The lowest BCUT2D eigenvalue weighted by molar-refractivity contribution is -0.123. The van der Waals surface area contributed by atoms with E-state index in [0.29, 0.717) is 15.8 Å². The zero-order valence-electron chi connectivity index (χ0n) is 10.1. The highest BCUT2D eigenvalue weighted by Gasteiger charge is 2.05. The van der Waals surface area contributed by atoms with E-state index in [1.54, 1.807) is 24.4 Å². The van der Waals surface area contributed by atoms with E-state index in [-0.39, 0.29) is 18.4 Å². The maximum absolute atomic E-state index is 11.4. The first-order valence-corrected chi connectivity index (χ1v) is 6.14. The zero-order valence-corrected chi connectivity index (χ0v) is 11.6. The number of rotatable bonds is 5. The number of nitrogens with zero attached hydrogens (tertiary/aromatic N) is 1. The second kappa shape index (κ2) is 7.24. The number of carbonyl (C=O) groups is 1. The number of hydrogen-bond donors (Lipinski definition) is 1. The lowest BCUT2D eigenvalue weighted by atomic mass is 10.3. The quantitative estimate of drug-likeness (QED) is 0.668. The molecule has 1 aromatic carbocycles. The van der Waals surface area contributed by atoms with Crippen molar-refractivity contribution < 1.29 is 9.53 Å². The first kappa shape index (κ1) is 14.8. The van der Waals surface area contributed by atoms with E-state index in [1.165, 1.54) is 0 Å². The molecule has 0 aliphatic rings. The molecular formula is C12H14Cl2N2O2. The molecule has 98 valence electrons. The Morgan fingerprint density at radius 1 is 1.50 bits per heavy atom. The van der Waals surface area contributed by atoms with Crippen molar-refractivity contribution >= 4 is 35.3 Å². The van der Waals surface area contributed by atoms with E-state index in [0.717, 1.165) is 0 Å². The molecule has 0 radical (unpaired) electrons. The highest BCUT2D eigenvalue weighted by molar-refractivity contribution is 6.35. The fourth-order valence-electron chi connectivity index (χ4n) is 1.03. The van der Waals surface area contributed by atoms with Gasteiger partial charge in [-0.2, -0.15) is 5.10 Å². The molecule has 0 unspecified atom stereocenters. The molecule has 6 heteroatoms. The number of nitrogens with one attached hydrogen (secondary N) is 1. The molecule has 0 fully saturated rings. The summed E-state index contributed by atoms with van der Waals surface area (Å²) >= 11 is 11.6. The normalized spacial score (nSPS) is 10.9. The van der Waals surface area contributed by atoms with Crippen molar-refractivity contribution in [1.29, 1.82) is 0 Å². The fourth-order valence-corrected chi connectivity index (χ4v) is 1.49. The molecule has 1 amide bonds. The van der Waals surface area contributed by atoms with E-state index >= 15 is 0 Å². The van der Waals surface area contributed by atoms with Crippen LogP contribution < -0.4 is 10.2 Å². The van der Waals surface area contributed by atoms with Gasteiger partial charge in [0.15, 0.2) is 6.61 Å². The minimum Gasteiger partial charge on any atom is -0.482 e. The Labute approximate surface area is 116 Å². The van der Waals surface area contributed by atoms with Crippen LogP contribution in [0.1, 0.15) is 13.8 Å². The zero-order chi connectivity index (χ0) is 13.5. The monoisotopic (exact) mass is 288 g/mol. The van der Waals surface area contributed by atoms with E-state index in [1.807, 2.05) is 13.8 Å². The fraction of sp³-hybridized carbons (Fsp3) is 0.333. The summed E-state index contributed by atoms with van der Waals surface area (Å²) in [5, 5.41) is 4.64. The maximum Gasteiger partial charge on any atom is 0.277 e. The molecule has 0 aromatic heterocycles. The molecule has 1 N–H and O–H groups in total. The van der Waals surface area contributed by atoms with Crippen LogP contribution in [0.4, 0.5) is 0 Å².